The predicted molar refractivity (Wildman–Crippen MR) is 96.4 cm³/mol. The van der Waals surface area contributed by atoms with Crippen molar-refractivity contribution in [3.05, 3.63) is 66.0 Å². The lowest BCUT2D eigenvalue weighted by molar-refractivity contribution is -1.02. The fourth-order valence-corrected chi connectivity index (χ4v) is 3.09. The largest absolute Gasteiger partial charge is 0.322 e. The monoisotopic (exact) mass is 339 g/mol. The van der Waals surface area contributed by atoms with Gasteiger partial charge in [0.15, 0.2) is 6.54 Å². The number of quaternary nitrogens is 2. The van der Waals surface area contributed by atoms with Gasteiger partial charge in [0, 0.05) is 23.5 Å². The number of amides is 1. The summed E-state index contributed by atoms with van der Waals surface area (Å²) in [7, 11) is 0. The molecule has 2 heterocycles. The molecule has 1 aliphatic rings. The lowest BCUT2D eigenvalue weighted by Gasteiger charge is -2.29. The van der Waals surface area contributed by atoms with Gasteiger partial charge in [0.05, 0.1) is 6.21 Å². The zero-order chi connectivity index (χ0) is 17.3. The summed E-state index contributed by atoms with van der Waals surface area (Å²) >= 11 is 0. The van der Waals surface area contributed by atoms with Crippen molar-refractivity contribution in [3.63, 3.8) is 0 Å². The Morgan fingerprint density at radius 2 is 1.84 bits per heavy atom. The van der Waals surface area contributed by atoms with Crippen molar-refractivity contribution in [2.75, 3.05) is 32.7 Å². The molecule has 3 N–H and O–H groups in total. The highest BCUT2D eigenvalue weighted by Gasteiger charge is 2.24. The zero-order valence-electron chi connectivity index (χ0n) is 14.3. The molecule has 0 unspecified atom stereocenters. The fourth-order valence-electron chi connectivity index (χ4n) is 3.09. The smallest absolute Gasteiger partial charge is 0.295 e. The van der Waals surface area contributed by atoms with E-state index < -0.39 is 0 Å². The Bertz CT molecular complexity index is 681. The second-order valence-electron chi connectivity index (χ2n) is 6.42. The summed E-state index contributed by atoms with van der Waals surface area (Å²) in [4.78, 5) is 18.9. The first-order chi connectivity index (χ1) is 12.3. The molecule has 2 aromatic rings. The maximum Gasteiger partial charge on any atom is 0.295 e. The summed E-state index contributed by atoms with van der Waals surface area (Å²) in [6.07, 6.45) is 5.02. The second-order valence-corrected chi connectivity index (χ2v) is 6.42. The van der Waals surface area contributed by atoms with Gasteiger partial charge in [0.1, 0.15) is 32.7 Å². The Balaban J connectivity index is 1.37. The number of hydrazone groups is 1. The van der Waals surface area contributed by atoms with Crippen LogP contribution in [0.1, 0.15) is 11.1 Å². The lowest BCUT2D eigenvalue weighted by Crippen LogP contribution is -3.28. The quantitative estimate of drug-likeness (QED) is 0.444. The molecule has 0 radical (unpaired) electrons. The first kappa shape index (κ1) is 17.3. The van der Waals surface area contributed by atoms with Crippen LogP contribution in [0.25, 0.3) is 0 Å². The molecule has 130 valence electrons. The van der Waals surface area contributed by atoms with Crippen LogP contribution in [0.4, 0.5) is 0 Å². The number of piperazine rings is 1. The molecule has 0 aliphatic carbocycles. The molecule has 1 aromatic heterocycles. The molecule has 0 spiro atoms. The van der Waals surface area contributed by atoms with Crippen LogP contribution in [0.15, 0.2) is 60.0 Å². The number of nitrogens with zero attached hydrogens (tertiary/aromatic N) is 2. The second kappa shape index (κ2) is 9.05. The Labute approximate surface area is 148 Å². The fraction of sp³-hybridized carbons (Fsp3) is 0.316. The van der Waals surface area contributed by atoms with E-state index in [1.807, 2.05) is 12.1 Å². The SMILES string of the molecule is O=C(C[NH+]1CC[NH+](Cc2ccccc2)CC1)N/N=C\c1cccnc1. The predicted octanol–water partition coefficient (Wildman–Crippen LogP) is -1.48. The van der Waals surface area contributed by atoms with Crippen LogP contribution < -0.4 is 15.2 Å². The summed E-state index contributed by atoms with van der Waals surface area (Å²) in [6.45, 7) is 5.76. The number of aromatic nitrogens is 1. The van der Waals surface area contributed by atoms with Gasteiger partial charge in [-0.2, -0.15) is 5.10 Å². The minimum absolute atomic E-state index is 0.0401. The number of rotatable bonds is 6. The van der Waals surface area contributed by atoms with Crippen molar-refractivity contribution in [1.82, 2.24) is 10.4 Å². The van der Waals surface area contributed by atoms with E-state index >= 15 is 0 Å². The summed E-state index contributed by atoms with van der Waals surface area (Å²) in [5.41, 5.74) is 4.85. The van der Waals surface area contributed by atoms with Gasteiger partial charge in [-0.15, -0.1) is 0 Å². The Hall–Kier alpha value is -2.57. The van der Waals surface area contributed by atoms with Gasteiger partial charge in [-0.25, -0.2) is 5.43 Å². The molecule has 1 aromatic carbocycles. The Morgan fingerprint density at radius 3 is 2.56 bits per heavy atom. The number of benzene rings is 1. The normalized spacial score (nSPS) is 20.5. The molecule has 25 heavy (non-hydrogen) atoms. The number of pyridine rings is 1. The van der Waals surface area contributed by atoms with Gasteiger partial charge in [0.2, 0.25) is 0 Å². The zero-order valence-corrected chi connectivity index (χ0v) is 14.3. The summed E-state index contributed by atoms with van der Waals surface area (Å²) in [5, 5.41) is 3.99. The van der Waals surface area contributed by atoms with E-state index in [9.17, 15) is 4.79 Å². The molecule has 6 nitrogen and oxygen atoms in total. The van der Waals surface area contributed by atoms with Crippen molar-refractivity contribution < 1.29 is 14.6 Å². The minimum Gasteiger partial charge on any atom is -0.322 e. The standard InChI is InChI=1S/C19H23N5O/c25-19(22-21-14-18-7-4-8-20-13-18)16-24-11-9-23(10-12-24)15-17-5-2-1-3-6-17/h1-8,13-14H,9-12,15-16H2,(H,22,25)/p+2/b21-14-. The number of hydrogen-bond acceptors (Lipinski definition) is 3. The van der Waals surface area contributed by atoms with E-state index in [0.717, 1.165) is 38.3 Å². The summed E-state index contributed by atoms with van der Waals surface area (Å²) in [5.74, 6) is -0.0401. The van der Waals surface area contributed by atoms with Gasteiger partial charge in [-0.05, 0) is 6.07 Å². The van der Waals surface area contributed by atoms with Crippen LogP contribution in [0.2, 0.25) is 0 Å². The maximum absolute atomic E-state index is 12.0. The van der Waals surface area contributed by atoms with Crippen molar-refractivity contribution in [2.45, 2.75) is 6.54 Å². The molecule has 1 fully saturated rings. The van der Waals surface area contributed by atoms with Crippen LogP contribution in [0, 0.1) is 0 Å². The van der Waals surface area contributed by atoms with Crippen molar-refractivity contribution in [2.24, 2.45) is 5.10 Å². The average Bonchev–Trinajstić information content (AvgIpc) is 2.65. The van der Waals surface area contributed by atoms with E-state index in [4.69, 9.17) is 0 Å². The van der Waals surface area contributed by atoms with E-state index in [0.29, 0.717) is 6.54 Å². The highest BCUT2D eigenvalue weighted by Crippen LogP contribution is 1.95. The number of hydrogen-bond donors (Lipinski definition) is 3. The average molecular weight is 339 g/mol. The van der Waals surface area contributed by atoms with E-state index in [1.54, 1.807) is 23.5 Å². The number of carbonyl (C=O) groups excluding carboxylic acids is 1. The molecule has 0 saturated carbocycles. The third-order valence-electron chi connectivity index (χ3n) is 4.46. The van der Waals surface area contributed by atoms with Gasteiger partial charge in [0.25, 0.3) is 5.91 Å². The molecule has 1 amide bonds. The molecule has 1 saturated heterocycles. The van der Waals surface area contributed by atoms with Crippen LogP contribution >= 0.6 is 0 Å². The van der Waals surface area contributed by atoms with Crippen molar-refractivity contribution in [1.29, 1.82) is 0 Å². The number of nitrogens with one attached hydrogen (secondary N) is 3. The highest BCUT2D eigenvalue weighted by molar-refractivity contribution is 5.82. The van der Waals surface area contributed by atoms with Gasteiger partial charge < -0.3 is 9.80 Å². The molecule has 3 rings (SSSR count). The third-order valence-corrected chi connectivity index (χ3v) is 4.46. The maximum atomic E-state index is 12.0. The number of carbonyl (C=O) groups is 1. The van der Waals surface area contributed by atoms with Crippen molar-refractivity contribution in [3.8, 4) is 0 Å². The molecule has 1 aliphatic heterocycles. The molecule has 0 bridgehead atoms. The minimum atomic E-state index is -0.0401. The van der Waals surface area contributed by atoms with Crippen LogP contribution in [0.5, 0.6) is 0 Å². The van der Waals surface area contributed by atoms with Crippen molar-refractivity contribution >= 4 is 12.1 Å². The van der Waals surface area contributed by atoms with E-state index in [2.05, 4.69) is 45.8 Å². The van der Waals surface area contributed by atoms with Gasteiger partial charge >= 0.3 is 0 Å². The van der Waals surface area contributed by atoms with Crippen LogP contribution in [-0.4, -0.2) is 49.8 Å². The van der Waals surface area contributed by atoms with Gasteiger partial charge in [-0.3, -0.25) is 9.78 Å². The molecule has 0 atom stereocenters. The molecule has 6 heteroatoms. The van der Waals surface area contributed by atoms with E-state index in [1.165, 1.54) is 10.5 Å². The van der Waals surface area contributed by atoms with Gasteiger partial charge in [-0.1, -0.05) is 36.4 Å². The van der Waals surface area contributed by atoms with Crippen LogP contribution in [0.3, 0.4) is 0 Å². The first-order valence-corrected chi connectivity index (χ1v) is 8.72. The lowest BCUT2D eigenvalue weighted by atomic mass is 10.2. The summed E-state index contributed by atoms with van der Waals surface area (Å²) in [6, 6.07) is 14.3. The summed E-state index contributed by atoms with van der Waals surface area (Å²) < 4.78 is 0. The topological polar surface area (TPSA) is 63.2 Å². The van der Waals surface area contributed by atoms with E-state index in [-0.39, 0.29) is 5.91 Å². The Kier molecular flexibility index (Phi) is 6.25. The van der Waals surface area contributed by atoms with Crippen LogP contribution in [-0.2, 0) is 11.3 Å². The first-order valence-electron chi connectivity index (χ1n) is 8.72. The molecular formula is C19H25N5O+2. The third kappa shape index (κ3) is 5.77. The highest BCUT2D eigenvalue weighted by atomic mass is 16.2. The Morgan fingerprint density at radius 1 is 1.08 bits per heavy atom. The molecular weight excluding hydrogens is 314 g/mol.